The van der Waals surface area contributed by atoms with Crippen LogP contribution in [0.25, 0.3) is 0 Å². The van der Waals surface area contributed by atoms with Crippen LogP contribution in [0, 0.1) is 39.9 Å². The van der Waals surface area contributed by atoms with Gasteiger partial charge < -0.3 is 26.2 Å². The summed E-state index contributed by atoms with van der Waals surface area (Å²) < 4.78 is 0. The minimum absolute atomic E-state index is 0.0118. The Morgan fingerprint density at radius 1 is 0.930 bits per heavy atom. The maximum atomic E-state index is 14.4. The number of ketones is 2. The summed E-state index contributed by atoms with van der Waals surface area (Å²) in [7, 11) is 1.55. The number of amides is 5. The second-order valence-electron chi connectivity index (χ2n) is 16.2. The van der Waals surface area contributed by atoms with Gasteiger partial charge in [0.1, 0.15) is 12.1 Å². The number of nitrogens with two attached hydrogens (primary N) is 1. The van der Waals surface area contributed by atoms with Crippen LogP contribution in [0.4, 0.5) is 4.79 Å². The minimum atomic E-state index is -1.09. The lowest BCUT2D eigenvalue weighted by molar-refractivity contribution is -0.147. The molecular formula is C32H51N5O6. The molecule has 4 rings (SSSR count). The third-order valence-electron chi connectivity index (χ3n) is 10.1. The molecule has 3 aliphatic carbocycles. The number of hydrogen-bond acceptors (Lipinski definition) is 6. The van der Waals surface area contributed by atoms with E-state index in [1.165, 1.54) is 4.90 Å². The van der Waals surface area contributed by atoms with E-state index < -0.39 is 58.6 Å². The predicted molar refractivity (Wildman–Crippen MR) is 160 cm³/mol. The molecule has 4 aliphatic rings. The average Bonchev–Trinajstić information content (AvgIpc) is 3.81. The Labute approximate surface area is 255 Å². The van der Waals surface area contributed by atoms with E-state index >= 15 is 0 Å². The van der Waals surface area contributed by atoms with Crippen LogP contribution in [0.15, 0.2) is 0 Å². The molecule has 0 aromatic carbocycles. The zero-order valence-corrected chi connectivity index (χ0v) is 27.3. The topological polar surface area (TPSA) is 159 Å². The van der Waals surface area contributed by atoms with Gasteiger partial charge in [0.15, 0.2) is 5.78 Å². The first-order valence-corrected chi connectivity index (χ1v) is 15.7. The Hall–Kier alpha value is -2.98. The molecule has 0 aromatic rings. The standard InChI is InChI=1S/C32H51N5O6/c1-30(2,3)24(22(38)17-12-13-17)35-29(43)36(9)25(31(4,5)6)28(42)37-15-18-20(32(18,7)8)21(37)27(41)34-19(14-16-10-11-16)23(39)26(33)40/h16-21,24-25H,10-15H2,1-9H3,(H2,33,40)(H,34,41)(H,35,43)/t18-,19?,20-,21-,24+,25+/m0/s1. The molecule has 11 heteroatoms. The number of hydrogen-bond donors (Lipinski definition) is 3. The number of nitrogens with zero attached hydrogens (tertiary/aromatic N) is 2. The highest BCUT2D eigenvalue weighted by atomic mass is 16.2. The molecule has 6 atom stereocenters. The Balaban J connectivity index is 1.57. The molecule has 4 N–H and O–H groups in total. The van der Waals surface area contributed by atoms with Crippen molar-refractivity contribution in [2.24, 2.45) is 45.7 Å². The monoisotopic (exact) mass is 601 g/mol. The summed E-state index contributed by atoms with van der Waals surface area (Å²) in [6.45, 7) is 15.8. The lowest BCUT2D eigenvalue weighted by Crippen LogP contribution is -2.63. The number of Topliss-reactive ketones (excluding diaryl/α,β-unsaturated/α-hetero) is 2. The molecule has 1 heterocycles. The second-order valence-corrected chi connectivity index (χ2v) is 16.2. The zero-order valence-electron chi connectivity index (χ0n) is 27.3. The number of likely N-dealkylation sites (N-methyl/N-ethyl adjacent to an activating group) is 1. The van der Waals surface area contributed by atoms with Gasteiger partial charge in [-0.05, 0) is 53.3 Å². The molecule has 11 nitrogen and oxygen atoms in total. The van der Waals surface area contributed by atoms with E-state index in [4.69, 9.17) is 5.73 Å². The van der Waals surface area contributed by atoms with Crippen LogP contribution in [0.1, 0.15) is 87.5 Å². The summed E-state index contributed by atoms with van der Waals surface area (Å²) in [4.78, 5) is 82.3. The van der Waals surface area contributed by atoms with Crippen molar-refractivity contribution in [1.29, 1.82) is 0 Å². The Bertz CT molecular complexity index is 1190. The number of likely N-dealkylation sites (tertiary alicyclic amines) is 1. The molecule has 1 unspecified atom stereocenters. The average molecular weight is 602 g/mol. The van der Waals surface area contributed by atoms with E-state index in [2.05, 4.69) is 24.5 Å². The number of primary amides is 1. The summed E-state index contributed by atoms with van der Waals surface area (Å²) in [6.07, 6.45) is 3.84. The quantitative estimate of drug-likeness (QED) is 0.308. The van der Waals surface area contributed by atoms with Crippen LogP contribution in [-0.2, 0) is 24.0 Å². The fourth-order valence-corrected chi connectivity index (χ4v) is 7.10. The van der Waals surface area contributed by atoms with E-state index in [1.807, 2.05) is 41.5 Å². The number of piperidine rings is 1. The Morgan fingerprint density at radius 3 is 1.98 bits per heavy atom. The van der Waals surface area contributed by atoms with E-state index in [0.717, 1.165) is 25.7 Å². The lowest BCUT2D eigenvalue weighted by atomic mass is 9.82. The van der Waals surface area contributed by atoms with E-state index in [9.17, 15) is 28.8 Å². The third kappa shape index (κ3) is 6.75. The van der Waals surface area contributed by atoms with Crippen LogP contribution in [-0.4, -0.2) is 82.9 Å². The maximum absolute atomic E-state index is 14.4. The Morgan fingerprint density at radius 2 is 1.51 bits per heavy atom. The van der Waals surface area contributed by atoms with Crippen molar-refractivity contribution >= 4 is 35.3 Å². The fourth-order valence-electron chi connectivity index (χ4n) is 7.10. The molecule has 240 valence electrons. The number of rotatable bonds is 11. The summed E-state index contributed by atoms with van der Waals surface area (Å²) in [5.41, 5.74) is 3.90. The predicted octanol–water partition coefficient (Wildman–Crippen LogP) is 2.26. The summed E-state index contributed by atoms with van der Waals surface area (Å²) in [5.74, 6) is -2.59. The van der Waals surface area contributed by atoms with Gasteiger partial charge in [-0.2, -0.15) is 0 Å². The van der Waals surface area contributed by atoms with Gasteiger partial charge in [0.2, 0.25) is 17.6 Å². The molecule has 5 amide bonds. The molecule has 1 aliphatic heterocycles. The molecule has 0 bridgehead atoms. The first kappa shape index (κ1) is 32.9. The van der Waals surface area contributed by atoms with Crippen molar-refractivity contribution < 1.29 is 28.8 Å². The SMILES string of the molecule is CN(C(=O)N[C@H](C(=O)C1CC1)C(C)(C)C)[C@H](C(=O)N1C[C@H]2[C@@H]([C@H]1C(=O)NC(CC1CC1)C(=O)C(N)=O)C2(C)C)C(C)(C)C. The van der Waals surface area contributed by atoms with Crippen molar-refractivity contribution in [2.45, 2.75) is 112 Å². The van der Waals surface area contributed by atoms with Gasteiger partial charge in [0.25, 0.3) is 5.91 Å². The van der Waals surface area contributed by atoms with Crippen molar-refractivity contribution in [3.63, 3.8) is 0 Å². The van der Waals surface area contributed by atoms with Gasteiger partial charge >= 0.3 is 6.03 Å². The van der Waals surface area contributed by atoms with Gasteiger partial charge in [-0.3, -0.25) is 24.0 Å². The number of fused-ring (bicyclic) bond motifs is 1. The van der Waals surface area contributed by atoms with Gasteiger partial charge in [-0.25, -0.2) is 4.79 Å². The van der Waals surface area contributed by atoms with Gasteiger partial charge in [0, 0.05) is 19.5 Å². The fraction of sp³-hybridized carbons (Fsp3) is 0.812. The number of carbonyl (C=O) groups excluding carboxylic acids is 6. The molecule has 4 fully saturated rings. The van der Waals surface area contributed by atoms with E-state index in [-0.39, 0.29) is 40.8 Å². The zero-order chi connectivity index (χ0) is 32.4. The third-order valence-corrected chi connectivity index (χ3v) is 10.1. The van der Waals surface area contributed by atoms with Crippen LogP contribution in [0.3, 0.4) is 0 Å². The first-order valence-electron chi connectivity index (χ1n) is 15.7. The van der Waals surface area contributed by atoms with Gasteiger partial charge in [0.05, 0.1) is 12.1 Å². The first-order chi connectivity index (χ1) is 19.7. The normalized spacial score (nSPS) is 26.4. The van der Waals surface area contributed by atoms with Crippen LogP contribution in [0.2, 0.25) is 0 Å². The largest absolute Gasteiger partial charge is 0.363 e. The van der Waals surface area contributed by atoms with Gasteiger partial charge in [-0.15, -0.1) is 0 Å². The minimum Gasteiger partial charge on any atom is -0.363 e. The molecule has 0 radical (unpaired) electrons. The molecular weight excluding hydrogens is 550 g/mol. The highest BCUT2D eigenvalue weighted by molar-refractivity contribution is 6.37. The summed E-state index contributed by atoms with van der Waals surface area (Å²) in [5, 5.41) is 5.70. The number of urea groups is 1. The van der Waals surface area contributed by atoms with Crippen molar-refractivity contribution in [3.05, 3.63) is 0 Å². The smallest absolute Gasteiger partial charge is 0.318 e. The highest BCUT2D eigenvalue weighted by Crippen LogP contribution is 2.65. The van der Waals surface area contributed by atoms with Crippen LogP contribution >= 0.6 is 0 Å². The second kappa shape index (κ2) is 11.2. The Kier molecular flexibility index (Phi) is 8.56. The maximum Gasteiger partial charge on any atom is 0.318 e. The van der Waals surface area contributed by atoms with Crippen LogP contribution in [0.5, 0.6) is 0 Å². The lowest BCUT2D eigenvalue weighted by Gasteiger charge is -2.42. The van der Waals surface area contributed by atoms with Crippen molar-refractivity contribution in [1.82, 2.24) is 20.4 Å². The molecule has 43 heavy (non-hydrogen) atoms. The molecule has 0 spiro atoms. The number of carbonyl (C=O) groups is 6. The highest BCUT2D eigenvalue weighted by Gasteiger charge is 2.70. The van der Waals surface area contributed by atoms with Crippen molar-refractivity contribution in [3.8, 4) is 0 Å². The van der Waals surface area contributed by atoms with E-state index in [0.29, 0.717) is 13.0 Å². The van der Waals surface area contributed by atoms with Crippen LogP contribution < -0.4 is 16.4 Å². The summed E-state index contributed by atoms with van der Waals surface area (Å²) >= 11 is 0. The van der Waals surface area contributed by atoms with Gasteiger partial charge in [-0.1, -0.05) is 68.2 Å². The molecule has 3 saturated carbocycles. The molecule has 1 saturated heterocycles. The molecule has 0 aromatic heterocycles. The summed E-state index contributed by atoms with van der Waals surface area (Å²) in [6, 6.07) is -4.04. The van der Waals surface area contributed by atoms with E-state index in [1.54, 1.807) is 11.9 Å². The number of nitrogens with one attached hydrogen (secondary N) is 2. The van der Waals surface area contributed by atoms with Crippen molar-refractivity contribution in [2.75, 3.05) is 13.6 Å².